The highest BCUT2D eigenvalue weighted by Crippen LogP contribution is 2.27. The summed E-state index contributed by atoms with van der Waals surface area (Å²) >= 11 is 4.80. The predicted molar refractivity (Wildman–Crippen MR) is 104 cm³/mol. The molecule has 0 radical (unpaired) electrons. The Hall–Kier alpha value is -2.49. The molecule has 25 heavy (non-hydrogen) atoms. The van der Waals surface area contributed by atoms with Crippen LogP contribution in [0.25, 0.3) is 16.8 Å². The molecule has 0 aliphatic carbocycles. The van der Waals surface area contributed by atoms with E-state index in [0.717, 1.165) is 21.3 Å². The second-order valence-electron chi connectivity index (χ2n) is 5.32. The van der Waals surface area contributed by atoms with Gasteiger partial charge in [-0.25, -0.2) is 9.37 Å². The third-order valence-corrected chi connectivity index (χ3v) is 4.97. The highest BCUT2D eigenvalue weighted by molar-refractivity contribution is 9.10. The molecule has 2 aromatic carbocycles. The molecule has 3 nitrogen and oxygen atoms in total. The number of nitrogens with zero attached hydrogens (tertiary/aromatic N) is 2. The zero-order valence-electron chi connectivity index (χ0n) is 13.3. The minimum Gasteiger partial charge on any atom is -0.360 e. The highest BCUT2D eigenvalue weighted by Gasteiger charge is 2.09. The average Bonchev–Trinajstić information content (AvgIpc) is 3.09. The molecule has 3 aromatic rings. The lowest BCUT2D eigenvalue weighted by Gasteiger charge is -2.05. The standard InChI is InChI=1S/C19H13BrFN3S/c1-12-2-7-16(21)8-17(12)23-10-14(9-22)19-24-18(11-25-19)13-3-5-15(20)6-4-13/h2-8,10-11,23H,1H3/b14-10+. The van der Waals surface area contributed by atoms with E-state index < -0.39 is 0 Å². The summed E-state index contributed by atoms with van der Waals surface area (Å²) in [7, 11) is 0. The third kappa shape index (κ3) is 4.13. The van der Waals surface area contributed by atoms with Crippen molar-refractivity contribution < 1.29 is 4.39 Å². The van der Waals surface area contributed by atoms with Gasteiger partial charge in [-0.05, 0) is 36.8 Å². The van der Waals surface area contributed by atoms with Crippen molar-refractivity contribution in [2.75, 3.05) is 5.32 Å². The van der Waals surface area contributed by atoms with Gasteiger partial charge in [0, 0.05) is 27.3 Å². The second-order valence-corrected chi connectivity index (χ2v) is 7.09. The van der Waals surface area contributed by atoms with Gasteiger partial charge < -0.3 is 5.32 Å². The minimum atomic E-state index is -0.327. The summed E-state index contributed by atoms with van der Waals surface area (Å²) in [5, 5.41) is 14.9. The fourth-order valence-electron chi connectivity index (χ4n) is 2.19. The normalized spacial score (nSPS) is 11.2. The summed E-state index contributed by atoms with van der Waals surface area (Å²) in [6.07, 6.45) is 1.56. The van der Waals surface area contributed by atoms with Crippen LogP contribution in [0.3, 0.4) is 0 Å². The summed E-state index contributed by atoms with van der Waals surface area (Å²) < 4.78 is 14.4. The lowest BCUT2D eigenvalue weighted by Crippen LogP contribution is -1.94. The van der Waals surface area contributed by atoms with Gasteiger partial charge in [-0.3, -0.25) is 0 Å². The van der Waals surface area contributed by atoms with Crippen LogP contribution in [-0.2, 0) is 0 Å². The molecule has 6 heteroatoms. The smallest absolute Gasteiger partial charge is 0.136 e. The molecule has 0 fully saturated rings. The van der Waals surface area contributed by atoms with Crippen LogP contribution in [0.2, 0.25) is 0 Å². The van der Waals surface area contributed by atoms with Gasteiger partial charge in [-0.15, -0.1) is 11.3 Å². The molecule has 1 aromatic heterocycles. The third-order valence-electron chi connectivity index (χ3n) is 3.57. The Kier molecular flexibility index (Phi) is 5.27. The zero-order valence-corrected chi connectivity index (χ0v) is 15.7. The molecular weight excluding hydrogens is 401 g/mol. The maximum atomic E-state index is 13.4. The predicted octanol–water partition coefficient (Wildman–Crippen LogP) is 6.00. The lowest BCUT2D eigenvalue weighted by atomic mass is 10.2. The number of benzene rings is 2. The monoisotopic (exact) mass is 413 g/mol. The van der Waals surface area contributed by atoms with E-state index in [0.29, 0.717) is 16.3 Å². The highest BCUT2D eigenvalue weighted by atomic mass is 79.9. The van der Waals surface area contributed by atoms with Gasteiger partial charge in [0.1, 0.15) is 22.5 Å². The van der Waals surface area contributed by atoms with Crippen LogP contribution in [0, 0.1) is 24.1 Å². The second kappa shape index (κ2) is 7.60. The van der Waals surface area contributed by atoms with E-state index in [9.17, 15) is 9.65 Å². The van der Waals surface area contributed by atoms with Crippen molar-refractivity contribution in [3.05, 3.63) is 74.9 Å². The van der Waals surface area contributed by atoms with E-state index in [1.54, 1.807) is 12.3 Å². The summed E-state index contributed by atoms with van der Waals surface area (Å²) in [5.74, 6) is -0.327. The van der Waals surface area contributed by atoms with Crippen LogP contribution in [0.4, 0.5) is 10.1 Å². The van der Waals surface area contributed by atoms with Crippen LogP contribution in [-0.4, -0.2) is 4.98 Å². The molecule has 0 spiro atoms. The molecule has 3 rings (SSSR count). The van der Waals surface area contributed by atoms with Crippen molar-refractivity contribution in [3.63, 3.8) is 0 Å². The topological polar surface area (TPSA) is 48.7 Å². The molecule has 0 amide bonds. The van der Waals surface area contributed by atoms with Gasteiger partial charge in [0.25, 0.3) is 0 Å². The molecule has 124 valence electrons. The summed E-state index contributed by atoms with van der Waals surface area (Å²) in [6.45, 7) is 1.87. The number of hydrogen-bond acceptors (Lipinski definition) is 4. The molecule has 0 saturated heterocycles. The largest absolute Gasteiger partial charge is 0.360 e. The Bertz CT molecular complexity index is 971. The van der Waals surface area contributed by atoms with Crippen molar-refractivity contribution in [1.82, 2.24) is 4.98 Å². The van der Waals surface area contributed by atoms with E-state index in [1.807, 2.05) is 36.6 Å². The van der Waals surface area contributed by atoms with Crippen LogP contribution in [0.1, 0.15) is 10.6 Å². The van der Waals surface area contributed by atoms with E-state index >= 15 is 0 Å². The first kappa shape index (κ1) is 17.3. The number of allylic oxidation sites excluding steroid dienone is 1. The van der Waals surface area contributed by atoms with Crippen molar-refractivity contribution in [1.29, 1.82) is 5.26 Å². The Balaban J connectivity index is 1.85. The van der Waals surface area contributed by atoms with E-state index in [2.05, 4.69) is 32.3 Å². The summed E-state index contributed by atoms with van der Waals surface area (Å²) in [4.78, 5) is 4.53. The lowest BCUT2D eigenvalue weighted by molar-refractivity contribution is 0.628. The average molecular weight is 414 g/mol. The molecule has 0 atom stereocenters. The molecule has 0 saturated carbocycles. The Morgan fingerprint density at radius 2 is 2.04 bits per heavy atom. The first-order valence-electron chi connectivity index (χ1n) is 7.41. The quantitative estimate of drug-likeness (QED) is 0.533. The first-order chi connectivity index (χ1) is 12.1. The maximum Gasteiger partial charge on any atom is 0.136 e. The van der Waals surface area contributed by atoms with Crippen molar-refractivity contribution >= 4 is 38.5 Å². The van der Waals surface area contributed by atoms with Crippen LogP contribution < -0.4 is 5.32 Å². The molecule has 0 bridgehead atoms. The van der Waals surface area contributed by atoms with E-state index in [1.165, 1.54) is 23.5 Å². The molecule has 0 unspecified atom stereocenters. The number of aryl methyl sites for hydroxylation is 1. The molecule has 0 aliphatic rings. The fourth-order valence-corrected chi connectivity index (χ4v) is 3.25. The fraction of sp³-hybridized carbons (Fsp3) is 0.0526. The number of thiazole rings is 1. The molecule has 0 aliphatic heterocycles. The maximum absolute atomic E-state index is 13.4. The van der Waals surface area contributed by atoms with Gasteiger partial charge in [0.05, 0.1) is 5.69 Å². The first-order valence-corrected chi connectivity index (χ1v) is 9.09. The van der Waals surface area contributed by atoms with Crippen molar-refractivity contribution in [2.45, 2.75) is 6.92 Å². The number of hydrogen-bond donors (Lipinski definition) is 1. The van der Waals surface area contributed by atoms with Crippen LogP contribution in [0.5, 0.6) is 0 Å². The van der Waals surface area contributed by atoms with E-state index in [4.69, 9.17) is 0 Å². The Labute approximate surface area is 157 Å². The van der Waals surface area contributed by atoms with Crippen LogP contribution in [0.15, 0.2) is 58.5 Å². The molecule has 1 heterocycles. The van der Waals surface area contributed by atoms with Gasteiger partial charge >= 0.3 is 0 Å². The van der Waals surface area contributed by atoms with Gasteiger partial charge in [0.15, 0.2) is 0 Å². The summed E-state index contributed by atoms with van der Waals surface area (Å²) in [5.41, 5.74) is 3.71. The van der Waals surface area contributed by atoms with Gasteiger partial charge in [0.2, 0.25) is 0 Å². The van der Waals surface area contributed by atoms with Crippen molar-refractivity contribution in [2.24, 2.45) is 0 Å². The van der Waals surface area contributed by atoms with Crippen molar-refractivity contribution in [3.8, 4) is 17.3 Å². The van der Waals surface area contributed by atoms with Gasteiger partial charge in [-0.1, -0.05) is 34.1 Å². The number of anilines is 1. The van der Waals surface area contributed by atoms with E-state index in [-0.39, 0.29) is 5.82 Å². The Morgan fingerprint density at radius 3 is 2.76 bits per heavy atom. The Morgan fingerprint density at radius 1 is 1.28 bits per heavy atom. The number of aromatic nitrogens is 1. The van der Waals surface area contributed by atoms with Crippen LogP contribution >= 0.6 is 27.3 Å². The zero-order chi connectivity index (χ0) is 17.8. The number of nitriles is 1. The molecule has 1 N–H and O–H groups in total. The number of nitrogens with one attached hydrogen (secondary N) is 1. The number of halogens is 2. The summed E-state index contributed by atoms with van der Waals surface area (Å²) in [6, 6.07) is 14.5. The SMILES string of the molecule is Cc1ccc(F)cc1N/C=C(\C#N)c1nc(-c2ccc(Br)cc2)cs1. The minimum absolute atomic E-state index is 0.327. The number of rotatable bonds is 4. The molecular formula is C19H13BrFN3S. The van der Waals surface area contributed by atoms with Gasteiger partial charge in [-0.2, -0.15) is 5.26 Å².